The van der Waals surface area contributed by atoms with Crippen LogP contribution in [0.5, 0.6) is 0 Å². The molecule has 0 rings (SSSR count). The highest BCUT2D eigenvalue weighted by Crippen LogP contribution is 1.97. The Morgan fingerprint density at radius 1 is 1.50 bits per heavy atom. The molecule has 0 radical (unpaired) electrons. The van der Waals surface area contributed by atoms with Gasteiger partial charge in [-0.25, -0.2) is 9.59 Å². The van der Waals surface area contributed by atoms with Crippen molar-refractivity contribution in [2.45, 2.75) is 39.2 Å². The van der Waals surface area contributed by atoms with Crippen molar-refractivity contribution in [1.82, 2.24) is 0 Å². The number of carboxylic acids is 1. The molecule has 0 bridgehead atoms. The SMILES string of the molecule is CCCCC=CC(=O)OC(C)C(=O)O. The van der Waals surface area contributed by atoms with E-state index in [-0.39, 0.29) is 0 Å². The number of hydrogen-bond donors (Lipinski definition) is 1. The molecule has 1 N–H and O–H groups in total. The highest BCUT2D eigenvalue weighted by atomic mass is 16.6. The topological polar surface area (TPSA) is 63.6 Å². The van der Waals surface area contributed by atoms with Crippen LogP contribution in [0.3, 0.4) is 0 Å². The van der Waals surface area contributed by atoms with Gasteiger partial charge in [0, 0.05) is 6.08 Å². The van der Waals surface area contributed by atoms with Gasteiger partial charge in [-0.3, -0.25) is 0 Å². The van der Waals surface area contributed by atoms with Gasteiger partial charge in [-0.15, -0.1) is 0 Å². The molecule has 0 aliphatic heterocycles. The number of carboxylic acid groups (broad SMARTS) is 1. The van der Waals surface area contributed by atoms with Gasteiger partial charge in [-0.2, -0.15) is 0 Å². The lowest BCUT2D eigenvalue weighted by Crippen LogP contribution is -2.22. The molecular weight excluding hydrogens is 184 g/mol. The monoisotopic (exact) mass is 200 g/mol. The van der Waals surface area contributed by atoms with E-state index >= 15 is 0 Å². The molecule has 4 heteroatoms. The maximum Gasteiger partial charge on any atom is 0.344 e. The van der Waals surface area contributed by atoms with Gasteiger partial charge in [0.2, 0.25) is 0 Å². The summed E-state index contributed by atoms with van der Waals surface area (Å²) in [6.07, 6.45) is 4.77. The zero-order chi connectivity index (χ0) is 11.0. The summed E-state index contributed by atoms with van der Waals surface area (Å²) in [5, 5.41) is 8.44. The molecule has 0 saturated heterocycles. The first-order valence-electron chi connectivity index (χ1n) is 4.68. The number of allylic oxidation sites excluding steroid dienone is 1. The summed E-state index contributed by atoms with van der Waals surface area (Å²) < 4.78 is 4.57. The van der Waals surface area contributed by atoms with Gasteiger partial charge < -0.3 is 9.84 Å². The van der Waals surface area contributed by atoms with E-state index in [1.807, 2.05) is 0 Å². The third-order valence-corrected chi connectivity index (χ3v) is 1.62. The molecule has 80 valence electrons. The molecule has 14 heavy (non-hydrogen) atoms. The Bertz CT molecular complexity index is 220. The van der Waals surface area contributed by atoms with Crippen LogP contribution in [0.4, 0.5) is 0 Å². The predicted octanol–water partition coefficient (Wildman–Crippen LogP) is 1.75. The second kappa shape index (κ2) is 7.12. The Balaban J connectivity index is 3.75. The Morgan fingerprint density at radius 2 is 2.14 bits per heavy atom. The zero-order valence-corrected chi connectivity index (χ0v) is 8.53. The van der Waals surface area contributed by atoms with Crippen LogP contribution in [0, 0.1) is 0 Å². The second-order valence-electron chi connectivity index (χ2n) is 2.96. The Labute approximate surface area is 83.6 Å². The molecule has 0 aliphatic rings. The number of carbonyl (C=O) groups excluding carboxylic acids is 1. The van der Waals surface area contributed by atoms with Crippen molar-refractivity contribution in [3.05, 3.63) is 12.2 Å². The summed E-state index contributed by atoms with van der Waals surface area (Å²) in [5.74, 6) is -1.74. The van der Waals surface area contributed by atoms with Crippen LogP contribution < -0.4 is 0 Å². The normalized spacial score (nSPS) is 12.7. The van der Waals surface area contributed by atoms with Crippen molar-refractivity contribution in [2.75, 3.05) is 0 Å². The average molecular weight is 200 g/mol. The fourth-order valence-electron chi connectivity index (χ4n) is 0.765. The van der Waals surface area contributed by atoms with Gasteiger partial charge in [-0.1, -0.05) is 25.8 Å². The number of rotatable bonds is 6. The molecule has 0 fully saturated rings. The van der Waals surface area contributed by atoms with Crippen LogP contribution in [-0.4, -0.2) is 23.1 Å². The van der Waals surface area contributed by atoms with Crippen LogP contribution in [0.15, 0.2) is 12.2 Å². The van der Waals surface area contributed by atoms with E-state index in [0.29, 0.717) is 0 Å². The molecular formula is C10H16O4. The van der Waals surface area contributed by atoms with Crippen LogP contribution in [0.2, 0.25) is 0 Å². The number of esters is 1. The van der Waals surface area contributed by atoms with E-state index in [1.165, 1.54) is 13.0 Å². The van der Waals surface area contributed by atoms with Gasteiger partial charge >= 0.3 is 11.9 Å². The van der Waals surface area contributed by atoms with E-state index in [0.717, 1.165) is 19.3 Å². The molecule has 4 nitrogen and oxygen atoms in total. The maximum atomic E-state index is 10.9. The molecule has 0 aromatic heterocycles. The number of aliphatic carboxylic acids is 1. The van der Waals surface area contributed by atoms with Crippen molar-refractivity contribution in [2.24, 2.45) is 0 Å². The van der Waals surface area contributed by atoms with Gasteiger partial charge in [0.25, 0.3) is 0 Å². The standard InChI is InChI=1S/C10H16O4/c1-3-4-5-6-7-9(11)14-8(2)10(12)13/h6-8H,3-5H2,1-2H3,(H,12,13). The summed E-state index contributed by atoms with van der Waals surface area (Å²) in [6.45, 7) is 3.37. The summed E-state index contributed by atoms with van der Waals surface area (Å²) in [4.78, 5) is 21.3. The molecule has 0 saturated carbocycles. The highest BCUT2D eigenvalue weighted by molar-refractivity contribution is 5.84. The third kappa shape index (κ3) is 6.22. The van der Waals surface area contributed by atoms with Crippen molar-refractivity contribution in [3.63, 3.8) is 0 Å². The van der Waals surface area contributed by atoms with E-state index < -0.39 is 18.0 Å². The molecule has 0 aliphatic carbocycles. The molecule has 1 unspecified atom stereocenters. The molecule has 0 heterocycles. The van der Waals surface area contributed by atoms with Crippen LogP contribution in [-0.2, 0) is 14.3 Å². The summed E-state index contributed by atoms with van der Waals surface area (Å²) in [5.41, 5.74) is 0. The summed E-state index contributed by atoms with van der Waals surface area (Å²) in [6, 6.07) is 0. The Morgan fingerprint density at radius 3 is 2.64 bits per heavy atom. The minimum atomic E-state index is -1.14. The highest BCUT2D eigenvalue weighted by Gasteiger charge is 2.13. The van der Waals surface area contributed by atoms with Crippen LogP contribution in [0.1, 0.15) is 33.1 Å². The maximum absolute atomic E-state index is 10.9. The summed E-state index contributed by atoms with van der Waals surface area (Å²) >= 11 is 0. The van der Waals surface area contributed by atoms with Gasteiger partial charge in [0.1, 0.15) is 0 Å². The second-order valence-corrected chi connectivity index (χ2v) is 2.96. The average Bonchev–Trinajstić information content (AvgIpc) is 2.12. The Hall–Kier alpha value is -1.32. The lowest BCUT2D eigenvalue weighted by Gasteiger charge is -2.05. The molecule has 0 amide bonds. The molecule has 0 aromatic carbocycles. The van der Waals surface area contributed by atoms with Crippen molar-refractivity contribution in [1.29, 1.82) is 0 Å². The van der Waals surface area contributed by atoms with Gasteiger partial charge in [0.05, 0.1) is 0 Å². The lowest BCUT2D eigenvalue weighted by molar-refractivity contribution is -0.159. The van der Waals surface area contributed by atoms with Crippen LogP contribution in [0.25, 0.3) is 0 Å². The number of ether oxygens (including phenoxy) is 1. The first kappa shape index (κ1) is 12.7. The van der Waals surface area contributed by atoms with Crippen molar-refractivity contribution >= 4 is 11.9 Å². The van der Waals surface area contributed by atoms with Gasteiger partial charge in [-0.05, 0) is 13.3 Å². The van der Waals surface area contributed by atoms with E-state index in [9.17, 15) is 9.59 Å². The fraction of sp³-hybridized carbons (Fsp3) is 0.600. The molecule has 0 aromatic rings. The minimum absolute atomic E-state index is 0.601. The number of unbranched alkanes of at least 4 members (excludes halogenated alkanes) is 2. The van der Waals surface area contributed by atoms with Crippen molar-refractivity contribution < 1.29 is 19.4 Å². The Kier molecular flexibility index (Phi) is 6.45. The van der Waals surface area contributed by atoms with E-state index in [4.69, 9.17) is 5.11 Å². The minimum Gasteiger partial charge on any atom is -0.479 e. The van der Waals surface area contributed by atoms with Crippen molar-refractivity contribution in [3.8, 4) is 0 Å². The van der Waals surface area contributed by atoms with E-state index in [1.54, 1.807) is 6.08 Å². The van der Waals surface area contributed by atoms with Crippen LogP contribution >= 0.6 is 0 Å². The third-order valence-electron chi connectivity index (χ3n) is 1.62. The number of hydrogen-bond acceptors (Lipinski definition) is 3. The first-order chi connectivity index (χ1) is 6.57. The lowest BCUT2D eigenvalue weighted by atomic mass is 10.2. The fourth-order valence-corrected chi connectivity index (χ4v) is 0.765. The largest absolute Gasteiger partial charge is 0.479 e. The van der Waals surface area contributed by atoms with E-state index in [2.05, 4.69) is 11.7 Å². The molecule has 0 spiro atoms. The van der Waals surface area contributed by atoms with Gasteiger partial charge in [0.15, 0.2) is 6.10 Å². The zero-order valence-electron chi connectivity index (χ0n) is 8.53. The quantitative estimate of drug-likeness (QED) is 0.403. The molecule has 1 atom stereocenters. The summed E-state index contributed by atoms with van der Waals surface area (Å²) in [7, 11) is 0. The smallest absolute Gasteiger partial charge is 0.344 e. The first-order valence-corrected chi connectivity index (χ1v) is 4.68. The number of carbonyl (C=O) groups is 2. The predicted molar refractivity (Wildman–Crippen MR) is 51.9 cm³/mol.